The Morgan fingerprint density at radius 1 is 0.645 bits per heavy atom. The quantitative estimate of drug-likeness (QED) is 0.524. The van der Waals surface area contributed by atoms with Gasteiger partial charge in [-0.25, -0.2) is 4.90 Å². The van der Waals surface area contributed by atoms with Gasteiger partial charge in [-0.05, 0) is 11.1 Å². The molecule has 0 saturated carbocycles. The topological polar surface area (TPSA) is 6.48 Å². The van der Waals surface area contributed by atoms with E-state index in [9.17, 15) is 0 Å². The van der Waals surface area contributed by atoms with Gasteiger partial charge in [-0.2, -0.15) is 0 Å². The Kier molecular flexibility index (Phi) is 6.86. The molecule has 2 aliphatic heterocycles. The van der Waals surface area contributed by atoms with Crippen molar-refractivity contribution in [1.29, 1.82) is 0 Å². The third-order valence-electron chi connectivity index (χ3n) is 6.99. The molecule has 2 unspecified atom stereocenters. The third kappa shape index (κ3) is 4.90. The first-order valence-electron chi connectivity index (χ1n) is 11.2. The van der Waals surface area contributed by atoms with Crippen LogP contribution in [-0.4, -0.2) is 53.2 Å². The average molecular weight is 415 g/mol. The molecule has 2 heterocycles. The van der Waals surface area contributed by atoms with Crippen molar-refractivity contribution in [3.8, 4) is 0 Å². The molecule has 2 atom stereocenters. The minimum absolute atomic E-state index is 0. The normalized spacial score (nSPS) is 23.8. The highest BCUT2D eigenvalue weighted by molar-refractivity contribution is 5.17. The number of quaternary nitrogens is 1. The van der Waals surface area contributed by atoms with Crippen molar-refractivity contribution in [2.45, 2.75) is 33.2 Å². The van der Waals surface area contributed by atoms with Gasteiger partial charge in [0.1, 0.15) is 6.54 Å². The number of hydrogen-bond acceptors (Lipinski definition) is 2. The van der Waals surface area contributed by atoms with Crippen LogP contribution in [0.5, 0.6) is 0 Å². The highest BCUT2D eigenvalue weighted by Crippen LogP contribution is 2.33. The average Bonchev–Trinajstić information content (AvgIpc) is 3.13. The van der Waals surface area contributed by atoms with Crippen LogP contribution in [0.2, 0.25) is 0 Å². The minimum Gasteiger partial charge on any atom is -0.302 e. The summed E-state index contributed by atoms with van der Waals surface area (Å²) in [6, 6.07) is 33.1. The number of piperazine rings is 1. The maximum absolute atomic E-state index is 2.75. The van der Waals surface area contributed by atoms with Gasteiger partial charge in [0.15, 0.2) is 6.17 Å². The first-order valence-corrected chi connectivity index (χ1v) is 11.2. The Balaban J connectivity index is 0.00000231. The molecule has 31 heavy (non-hydrogen) atoms. The second kappa shape index (κ2) is 9.78. The van der Waals surface area contributed by atoms with E-state index in [0.717, 1.165) is 26.2 Å². The standard InChI is InChI=1S/C27H32N3.CH4/c1-4-10-24(11-5-1)20-28-16-18-30(23-26-14-8-3-9-15-26)19-17-29(27(30)22-28)21-25-12-6-2-7-13-25;/h1-15,27H,16-23H2;1H4/q+1;. The van der Waals surface area contributed by atoms with Gasteiger partial charge in [0.05, 0.1) is 26.2 Å². The zero-order valence-electron chi connectivity index (χ0n) is 17.7. The summed E-state index contributed by atoms with van der Waals surface area (Å²) in [4.78, 5) is 5.42. The molecule has 162 valence electrons. The van der Waals surface area contributed by atoms with Gasteiger partial charge in [-0.1, -0.05) is 98.4 Å². The Bertz CT molecular complexity index is 928. The molecule has 2 saturated heterocycles. The lowest BCUT2D eigenvalue weighted by Gasteiger charge is -2.48. The van der Waals surface area contributed by atoms with E-state index in [0.29, 0.717) is 6.17 Å². The van der Waals surface area contributed by atoms with Gasteiger partial charge in [0, 0.05) is 25.2 Å². The molecule has 3 heteroatoms. The SMILES string of the molecule is C.c1ccc(CN2CC[N+]3(Cc4ccccc4)CCN(Cc4ccccc4)C3C2)cc1. The summed E-state index contributed by atoms with van der Waals surface area (Å²) in [6.07, 6.45) is 0.558. The second-order valence-electron chi connectivity index (χ2n) is 8.97. The van der Waals surface area contributed by atoms with Crippen LogP contribution >= 0.6 is 0 Å². The molecule has 3 nitrogen and oxygen atoms in total. The Morgan fingerprint density at radius 3 is 1.77 bits per heavy atom. The fourth-order valence-electron chi connectivity index (χ4n) is 5.38. The molecular formula is C28H36N3+. The lowest BCUT2D eigenvalue weighted by molar-refractivity contribution is -0.961. The maximum atomic E-state index is 2.75. The summed E-state index contributed by atoms with van der Waals surface area (Å²) in [5, 5.41) is 0. The van der Waals surface area contributed by atoms with Crippen LogP contribution < -0.4 is 0 Å². The molecule has 0 radical (unpaired) electrons. The molecule has 3 aromatic rings. The fraction of sp³-hybridized carbons (Fsp3) is 0.357. The summed E-state index contributed by atoms with van der Waals surface area (Å²) >= 11 is 0. The molecular weight excluding hydrogens is 378 g/mol. The van der Waals surface area contributed by atoms with E-state index in [2.05, 4.69) is 101 Å². The monoisotopic (exact) mass is 414 g/mol. The lowest BCUT2D eigenvalue weighted by Crippen LogP contribution is -2.64. The molecule has 0 aromatic heterocycles. The van der Waals surface area contributed by atoms with Crippen LogP contribution in [0, 0.1) is 0 Å². The summed E-state index contributed by atoms with van der Waals surface area (Å²) < 4.78 is 1.21. The number of fused-ring (bicyclic) bond motifs is 1. The van der Waals surface area contributed by atoms with E-state index in [1.165, 1.54) is 47.4 Å². The smallest absolute Gasteiger partial charge is 0.159 e. The van der Waals surface area contributed by atoms with Crippen molar-refractivity contribution in [3.05, 3.63) is 108 Å². The number of rotatable bonds is 6. The maximum Gasteiger partial charge on any atom is 0.159 e. The van der Waals surface area contributed by atoms with Crippen LogP contribution in [0.25, 0.3) is 0 Å². The zero-order valence-corrected chi connectivity index (χ0v) is 17.7. The summed E-state index contributed by atoms with van der Waals surface area (Å²) in [7, 11) is 0. The zero-order chi connectivity index (χ0) is 20.2. The van der Waals surface area contributed by atoms with Crippen molar-refractivity contribution >= 4 is 0 Å². The highest BCUT2D eigenvalue weighted by Gasteiger charge is 2.49. The Morgan fingerprint density at radius 2 is 1.16 bits per heavy atom. The lowest BCUT2D eigenvalue weighted by atomic mass is 10.1. The van der Waals surface area contributed by atoms with E-state index in [1.807, 2.05) is 0 Å². The van der Waals surface area contributed by atoms with E-state index < -0.39 is 0 Å². The van der Waals surface area contributed by atoms with E-state index >= 15 is 0 Å². The van der Waals surface area contributed by atoms with Crippen molar-refractivity contribution in [2.24, 2.45) is 0 Å². The van der Waals surface area contributed by atoms with Crippen molar-refractivity contribution in [3.63, 3.8) is 0 Å². The largest absolute Gasteiger partial charge is 0.302 e. The molecule has 2 aliphatic rings. The van der Waals surface area contributed by atoms with Gasteiger partial charge in [-0.3, -0.25) is 4.90 Å². The summed E-state index contributed by atoms with van der Waals surface area (Å²) in [6.45, 7) is 9.26. The molecule has 0 aliphatic carbocycles. The molecule has 0 N–H and O–H groups in total. The first kappa shape index (κ1) is 21.8. The van der Waals surface area contributed by atoms with Gasteiger partial charge < -0.3 is 4.48 Å². The molecule has 0 bridgehead atoms. The molecule has 0 amide bonds. The van der Waals surface area contributed by atoms with E-state index in [4.69, 9.17) is 0 Å². The molecule has 5 rings (SSSR count). The van der Waals surface area contributed by atoms with Gasteiger partial charge >= 0.3 is 0 Å². The van der Waals surface area contributed by atoms with Gasteiger partial charge in [-0.15, -0.1) is 0 Å². The molecule has 0 spiro atoms. The Hall–Kier alpha value is -2.46. The van der Waals surface area contributed by atoms with Crippen molar-refractivity contribution < 1.29 is 4.48 Å². The van der Waals surface area contributed by atoms with Crippen molar-refractivity contribution in [1.82, 2.24) is 9.80 Å². The highest BCUT2D eigenvalue weighted by atomic mass is 15.6. The third-order valence-corrected chi connectivity index (χ3v) is 6.99. The predicted molar refractivity (Wildman–Crippen MR) is 129 cm³/mol. The van der Waals surface area contributed by atoms with E-state index in [-0.39, 0.29) is 7.43 Å². The molecule has 3 aromatic carbocycles. The first-order chi connectivity index (χ1) is 14.8. The summed E-state index contributed by atoms with van der Waals surface area (Å²) in [5.74, 6) is 0. The van der Waals surface area contributed by atoms with E-state index in [1.54, 1.807) is 0 Å². The number of hydrogen-bond donors (Lipinski definition) is 0. The fourth-order valence-corrected chi connectivity index (χ4v) is 5.38. The van der Waals surface area contributed by atoms with Crippen LogP contribution in [0.3, 0.4) is 0 Å². The Labute approximate surface area is 188 Å². The minimum atomic E-state index is 0. The summed E-state index contributed by atoms with van der Waals surface area (Å²) in [5.41, 5.74) is 4.33. The second-order valence-corrected chi connectivity index (χ2v) is 8.97. The molecule has 2 fully saturated rings. The predicted octanol–water partition coefficient (Wildman–Crippen LogP) is 5.00. The van der Waals surface area contributed by atoms with Crippen LogP contribution in [0.1, 0.15) is 24.1 Å². The van der Waals surface area contributed by atoms with Crippen LogP contribution in [-0.2, 0) is 19.6 Å². The van der Waals surface area contributed by atoms with Crippen LogP contribution in [0.15, 0.2) is 91.0 Å². The number of nitrogens with zero attached hydrogens (tertiary/aromatic N) is 3. The van der Waals surface area contributed by atoms with Gasteiger partial charge in [0.2, 0.25) is 0 Å². The number of benzene rings is 3. The van der Waals surface area contributed by atoms with Gasteiger partial charge in [0.25, 0.3) is 0 Å². The van der Waals surface area contributed by atoms with Crippen LogP contribution in [0.4, 0.5) is 0 Å². The van der Waals surface area contributed by atoms with Crippen molar-refractivity contribution in [2.75, 3.05) is 32.7 Å².